The Bertz CT molecular complexity index is 324. The van der Waals surface area contributed by atoms with Gasteiger partial charge in [0, 0.05) is 0 Å². The quantitative estimate of drug-likeness (QED) is 0.777. The van der Waals surface area contributed by atoms with Gasteiger partial charge in [-0.05, 0) is 12.0 Å². The second kappa shape index (κ2) is 4.94. The third-order valence-electron chi connectivity index (χ3n) is 2.60. The van der Waals surface area contributed by atoms with Crippen molar-refractivity contribution >= 4 is 5.97 Å². The van der Waals surface area contributed by atoms with Crippen molar-refractivity contribution < 1.29 is 9.90 Å². The van der Waals surface area contributed by atoms with Gasteiger partial charge >= 0.3 is 5.97 Å². The summed E-state index contributed by atoms with van der Waals surface area (Å²) in [5.41, 5.74) is 5.38. The number of carbonyl (C=O) groups is 1. The molecule has 1 aromatic carbocycles. The summed E-state index contributed by atoms with van der Waals surface area (Å²) in [4.78, 5) is 11.2. The summed E-state index contributed by atoms with van der Waals surface area (Å²) in [7, 11) is 0. The van der Waals surface area contributed by atoms with Crippen molar-refractivity contribution in [1.82, 2.24) is 0 Å². The SMILES string of the molecule is CCCCC(N)(C(=O)O)c1ccccc1. The zero-order valence-electron chi connectivity index (χ0n) is 8.94. The number of rotatable bonds is 5. The molecule has 3 N–H and O–H groups in total. The third-order valence-corrected chi connectivity index (χ3v) is 2.60. The van der Waals surface area contributed by atoms with Crippen LogP contribution in [-0.4, -0.2) is 11.1 Å². The van der Waals surface area contributed by atoms with E-state index >= 15 is 0 Å². The van der Waals surface area contributed by atoms with E-state index in [4.69, 9.17) is 5.73 Å². The fourth-order valence-electron chi connectivity index (χ4n) is 1.57. The van der Waals surface area contributed by atoms with Gasteiger partial charge in [-0.3, -0.25) is 0 Å². The zero-order chi connectivity index (χ0) is 11.3. The molecule has 82 valence electrons. The summed E-state index contributed by atoms with van der Waals surface area (Å²) >= 11 is 0. The molecule has 0 saturated heterocycles. The Balaban J connectivity index is 2.96. The van der Waals surface area contributed by atoms with Crippen LogP contribution in [0.1, 0.15) is 31.7 Å². The monoisotopic (exact) mass is 207 g/mol. The van der Waals surface area contributed by atoms with E-state index in [1.165, 1.54) is 0 Å². The number of hydrogen-bond acceptors (Lipinski definition) is 2. The molecular weight excluding hydrogens is 190 g/mol. The van der Waals surface area contributed by atoms with Gasteiger partial charge in [-0.25, -0.2) is 4.79 Å². The van der Waals surface area contributed by atoms with Crippen LogP contribution in [0.2, 0.25) is 0 Å². The molecule has 0 radical (unpaired) electrons. The van der Waals surface area contributed by atoms with Crippen LogP contribution in [0.5, 0.6) is 0 Å². The Kier molecular flexibility index (Phi) is 3.86. The molecule has 0 aliphatic carbocycles. The molecule has 0 aliphatic rings. The number of unbranched alkanes of at least 4 members (excludes halogenated alkanes) is 1. The number of hydrogen-bond donors (Lipinski definition) is 2. The topological polar surface area (TPSA) is 63.3 Å². The fraction of sp³-hybridized carbons (Fsp3) is 0.417. The average molecular weight is 207 g/mol. The van der Waals surface area contributed by atoms with Gasteiger partial charge in [-0.2, -0.15) is 0 Å². The molecule has 0 aliphatic heterocycles. The van der Waals surface area contributed by atoms with Gasteiger partial charge in [-0.15, -0.1) is 0 Å². The van der Waals surface area contributed by atoms with Gasteiger partial charge in [-0.1, -0.05) is 50.1 Å². The third kappa shape index (κ3) is 2.57. The fourth-order valence-corrected chi connectivity index (χ4v) is 1.57. The van der Waals surface area contributed by atoms with Gasteiger partial charge < -0.3 is 10.8 Å². The highest BCUT2D eigenvalue weighted by Gasteiger charge is 2.34. The first-order chi connectivity index (χ1) is 7.11. The number of carboxylic acid groups (broad SMARTS) is 1. The highest BCUT2D eigenvalue weighted by atomic mass is 16.4. The Labute approximate surface area is 89.9 Å². The number of benzene rings is 1. The lowest BCUT2D eigenvalue weighted by molar-refractivity contribution is -0.144. The van der Waals surface area contributed by atoms with Gasteiger partial charge in [0.25, 0.3) is 0 Å². The van der Waals surface area contributed by atoms with Crippen LogP contribution in [0, 0.1) is 0 Å². The second-order valence-corrected chi connectivity index (χ2v) is 3.75. The molecular formula is C12H17NO2. The van der Waals surface area contributed by atoms with Gasteiger partial charge in [0.1, 0.15) is 5.54 Å². The lowest BCUT2D eigenvalue weighted by Crippen LogP contribution is -2.44. The van der Waals surface area contributed by atoms with Crippen LogP contribution in [0.3, 0.4) is 0 Å². The normalized spacial score (nSPS) is 14.5. The van der Waals surface area contributed by atoms with Crippen LogP contribution in [-0.2, 0) is 10.3 Å². The van der Waals surface area contributed by atoms with E-state index < -0.39 is 11.5 Å². The first kappa shape index (κ1) is 11.7. The molecule has 1 unspecified atom stereocenters. The molecule has 15 heavy (non-hydrogen) atoms. The van der Waals surface area contributed by atoms with Gasteiger partial charge in [0.2, 0.25) is 0 Å². The minimum absolute atomic E-state index is 0.475. The highest BCUT2D eigenvalue weighted by molar-refractivity contribution is 5.80. The number of nitrogens with two attached hydrogens (primary N) is 1. The van der Waals surface area contributed by atoms with Crippen LogP contribution in [0.15, 0.2) is 30.3 Å². The molecule has 1 atom stereocenters. The molecule has 0 amide bonds. The van der Waals surface area contributed by atoms with Gasteiger partial charge in [0.15, 0.2) is 0 Å². The summed E-state index contributed by atoms with van der Waals surface area (Å²) in [5, 5.41) is 9.19. The van der Waals surface area contributed by atoms with E-state index in [1.807, 2.05) is 25.1 Å². The van der Waals surface area contributed by atoms with E-state index in [2.05, 4.69) is 0 Å². The predicted octanol–water partition coefficient (Wildman–Crippen LogP) is 2.12. The van der Waals surface area contributed by atoms with Crippen LogP contribution >= 0.6 is 0 Å². The maximum atomic E-state index is 11.2. The van der Waals surface area contributed by atoms with Crippen molar-refractivity contribution in [3.05, 3.63) is 35.9 Å². The van der Waals surface area contributed by atoms with Crippen molar-refractivity contribution in [2.75, 3.05) is 0 Å². The van der Waals surface area contributed by atoms with Crippen LogP contribution in [0.4, 0.5) is 0 Å². The summed E-state index contributed by atoms with van der Waals surface area (Å²) in [6, 6.07) is 9.01. The number of aliphatic carboxylic acids is 1. The van der Waals surface area contributed by atoms with E-state index in [-0.39, 0.29) is 0 Å². The average Bonchev–Trinajstić information content (AvgIpc) is 2.27. The smallest absolute Gasteiger partial charge is 0.328 e. The largest absolute Gasteiger partial charge is 0.480 e. The van der Waals surface area contributed by atoms with Crippen molar-refractivity contribution in [2.45, 2.75) is 31.7 Å². The van der Waals surface area contributed by atoms with Crippen LogP contribution < -0.4 is 5.73 Å². The Hall–Kier alpha value is -1.35. The molecule has 0 bridgehead atoms. The zero-order valence-corrected chi connectivity index (χ0v) is 8.94. The molecule has 0 aromatic heterocycles. The summed E-state index contributed by atoms with van der Waals surface area (Å²) in [5.74, 6) is -0.956. The van der Waals surface area contributed by atoms with Crippen molar-refractivity contribution in [2.24, 2.45) is 5.73 Å². The van der Waals surface area contributed by atoms with Crippen molar-refractivity contribution in [1.29, 1.82) is 0 Å². The Morgan fingerprint density at radius 3 is 2.47 bits per heavy atom. The standard InChI is InChI=1S/C12H17NO2/c1-2-3-9-12(13,11(14)15)10-7-5-4-6-8-10/h4-8H,2-3,9,13H2,1H3,(H,14,15). The molecule has 3 heteroatoms. The molecule has 0 spiro atoms. The Morgan fingerprint density at radius 1 is 1.40 bits per heavy atom. The van der Waals surface area contributed by atoms with E-state index in [0.717, 1.165) is 12.8 Å². The Morgan fingerprint density at radius 2 is 2.00 bits per heavy atom. The number of carboxylic acids is 1. The van der Waals surface area contributed by atoms with E-state index in [9.17, 15) is 9.90 Å². The summed E-state index contributed by atoms with van der Waals surface area (Å²) in [6.07, 6.45) is 2.24. The van der Waals surface area contributed by atoms with Gasteiger partial charge in [0.05, 0.1) is 0 Å². The maximum absolute atomic E-state index is 11.2. The predicted molar refractivity (Wildman–Crippen MR) is 59.5 cm³/mol. The second-order valence-electron chi connectivity index (χ2n) is 3.75. The maximum Gasteiger partial charge on any atom is 0.328 e. The first-order valence-corrected chi connectivity index (χ1v) is 5.19. The summed E-state index contributed by atoms with van der Waals surface area (Å²) < 4.78 is 0. The highest BCUT2D eigenvalue weighted by Crippen LogP contribution is 2.24. The minimum Gasteiger partial charge on any atom is -0.480 e. The molecule has 3 nitrogen and oxygen atoms in total. The molecule has 0 fully saturated rings. The lowest BCUT2D eigenvalue weighted by Gasteiger charge is -2.24. The first-order valence-electron chi connectivity index (χ1n) is 5.19. The lowest BCUT2D eigenvalue weighted by atomic mass is 9.86. The van der Waals surface area contributed by atoms with Crippen molar-refractivity contribution in [3.8, 4) is 0 Å². The van der Waals surface area contributed by atoms with Crippen molar-refractivity contribution in [3.63, 3.8) is 0 Å². The summed E-state index contributed by atoms with van der Waals surface area (Å²) in [6.45, 7) is 2.02. The van der Waals surface area contributed by atoms with E-state index in [0.29, 0.717) is 12.0 Å². The molecule has 0 heterocycles. The molecule has 1 rings (SSSR count). The minimum atomic E-state index is -1.24. The molecule has 0 saturated carbocycles. The van der Waals surface area contributed by atoms with E-state index in [1.54, 1.807) is 12.1 Å². The molecule has 1 aromatic rings. The van der Waals surface area contributed by atoms with Crippen LogP contribution in [0.25, 0.3) is 0 Å².